The minimum absolute atomic E-state index is 0.00589. The van der Waals surface area contributed by atoms with Crippen molar-refractivity contribution in [1.29, 1.82) is 0 Å². The minimum Gasteiger partial charge on any atom is -0.333 e. The number of alkyl halides is 3. The quantitative estimate of drug-likeness (QED) is 0.313. The predicted octanol–water partition coefficient (Wildman–Crippen LogP) is 4.98. The van der Waals surface area contributed by atoms with Crippen molar-refractivity contribution >= 4 is 79.2 Å². The largest absolute Gasteiger partial charge is 0.333 e. The summed E-state index contributed by atoms with van der Waals surface area (Å²) in [5.41, 5.74) is 1.51. The molecule has 2 aromatic carbocycles. The molecule has 3 rings (SSSR count). The van der Waals surface area contributed by atoms with Crippen molar-refractivity contribution in [3.05, 3.63) is 53.6 Å². The predicted molar refractivity (Wildman–Crippen MR) is 108 cm³/mol. The molecule has 1 unspecified atom stereocenters. The zero-order valence-electron chi connectivity index (χ0n) is 12.8. The van der Waals surface area contributed by atoms with Crippen LogP contribution < -0.4 is 4.72 Å². The Hall–Kier alpha value is -0.670. The van der Waals surface area contributed by atoms with Gasteiger partial charge < -0.3 is 4.98 Å². The van der Waals surface area contributed by atoms with E-state index in [1.807, 2.05) is 24.3 Å². The molecule has 138 valence electrons. The maximum absolute atomic E-state index is 12.6. The SMILES string of the molecule is O=S(=O)(NC(Sc1nc2ccccc2[nH]1)C(Cl)(Cl)Cl)c1ccc(Cl)cc1. The summed E-state index contributed by atoms with van der Waals surface area (Å²) in [4.78, 5) is 7.42. The molecule has 2 N–H and O–H groups in total. The van der Waals surface area contributed by atoms with E-state index in [4.69, 9.17) is 46.4 Å². The summed E-state index contributed by atoms with van der Waals surface area (Å²) in [5.74, 6) is 0. The standard InChI is InChI=1S/C15H11Cl4N3O2S2/c16-9-5-7-10(8-6-9)26(23,24)22-13(15(17,18)19)25-14-20-11-3-1-2-4-12(11)21-14/h1-8,13,22H,(H,20,21). The summed E-state index contributed by atoms with van der Waals surface area (Å²) in [6.45, 7) is 0. The number of rotatable bonds is 5. The molecule has 0 fully saturated rings. The Labute approximate surface area is 174 Å². The molecule has 0 amide bonds. The van der Waals surface area contributed by atoms with Crippen molar-refractivity contribution in [2.24, 2.45) is 0 Å². The van der Waals surface area contributed by atoms with Gasteiger partial charge in [0, 0.05) is 5.02 Å². The van der Waals surface area contributed by atoms with Gasteiger partial charge >= 0.3 is 0 Å². The zero-order valence-corrected chi connectivity index (χ0v) is 17.4. The number of nitrogens with zero attached hydrogens (tertiary/aromatic N) is 1. The monoisotopic (exact) mass is 469 g/mol. The molecule has 0 bridgehead atoms. The number of hydrogen-bond acceptors (Lipinski definition) is 4. The molecule has 3 aromatic rings. The van der Waals surface area contributed by atoms with Gasteiger partial charge in [-0.25, -0.2) is 13.4 Å². The van der Waals surface area contributed by atoms with Gasteiger partial charge in [-0.05, 0) is 36.4 Å². The highest BCUT2D eigenvalue weighted by molar-refractivity contribution is 8.01. The summed E-state index contributed by atoms with van der Waals surface area (Å²) in [6.07, 6.45) is 0. The number of aromatic nitrogens is 2. The van der Waals surface area contributed by atoms with Crippen molar-refractivity contribution in [2.75, 3.05) is 0 Å². The fourth-order valence-electron chi connectivity index (χ4n) is 2.08. The van der Waals surface area contributed by atoms with E-state index in [0.717, 1.165) is 22.8 Å². The molecule has 0 aliphatic rings. The van der Waals surface area contributed by atoms with Crippen LogP contribution in [0.4, 0.5) is 0 Å². The van der Waals surface area contributed by atoms with Crippen LogP contribution in [-0.2, 0) is 10.0 Å². The Kier molecular flexibility index (Phi) is 5.99. The van der Waals surface area contributed by atoms with Gasteiger partial charge in [-0.2, -0.15) is 4.72 Å². The van der Waals surface area contributed by atoms with E-state index in [2.05, 4.69) is 14.7 Å². The molecule has 0 saturated heterocycles. The third-order valence-electron chi connectivity index (χ3n) is 3.28. The van der Waals surface area contributed by atoms with Crippen LogP contribution >= 0.6 is 58.2 Å². The summed E-state index contributed by atoms with van der Waals surface area (Å²) < 4.78 is 25.7. The maximum Gasteiger partial charge on any atom is 0.241 e. The van der Waals surface area contributed by atoms with Gasteiger partial charge in [0.1, 0.15) is 5.37 Å². The van der Waals surface area contributed by atoms with Crippen LogP contribution in [-0.4, -0.2) is 27.6 Å². The number of sulfonamides is 1. The molecule has 0 aliphatic heterocycles. The second-order valence-electron chi connectivity index (χ2n) is 5.17. The number of fused-ring (bicyclic) bond motifs is 1. The zero-order chi connectivity index (χ0) is 18.9. The lowest BCUT2D eigenvalue weighted by Gasteiger charge is -2.23. The fourth-order valence-corrected chi connectivity index (χ4v) is 5.30. The molecule has 5 nitrogen and oxygen atoms in total. The van der Waals surface area contributed by atoms with Gasteiger partial charge in [-0.3, -0.25) is 0 Å². The number of hydrogen-bond donors (Lipinski definition) is 2. The Balaban J connectivity index is 1.87. The minimum atomic E-state index is -3.93. The Bertz CT molecular complexity index is 984. The van der Waals surface area contributed by atoms with Crippen LogP contribution in [0.15, 0.2) is 58.6 Å². The Morgan fingerprint density at radius 3 is 2.35 bits per heavy atom. The molecule has 11 heteroatoms. The van der Waals surface area contributed by atoms with Crippen LogP contribution in [0.3, 0.4) is 0 Å². The van der Waals surface area contributed by atoms with Crippen molar-refractivity contribution in [1.82, 2.24) is 14.7 Å². The summed E-state index contributed by atoms with van der Waals surface area (Å²) >= 11 is 24.7. The number of thioether (sulfide) groups is 1. The number of imidazole rings is 1. The second-order valence-corrected chi connectivity index (χ2v) is 10.8. The van der Waals surface area contributed by atoms with Crippen molar-refractivity contribution in [3.8, 4) is 0 Å². The van der Waals surface area contributed by atoms with E-state index in [0.29, 0.717) is 10.2 Å². The lowest BCUT2D eigenvalue weighted by atomic mass is 10.3. The first kappa shape index (κ1) is 20.1. The normalized spacial score (nSPS) is 13.8. The van der Waals surface area contributed by atoms with E-state index in [9.17, 15) is 8.42 Å². The molecular weight excluding hydrogens is 460 g/mol. The number of para-hydroxylation sites is 2. The average Bonchev–Trinajstić information content (AvgIpc) is 2.96. The fraction of sp³-hybridized carbons (Fsp3) is 0.133. The molecule has 0 saturated carbocycles. The van der Waals surface area contributed by atoms with Gasteiger partial charge in [0.25, 0.3) is 0 Å². The van der Waals surface area contributed by atoms with E-state index >= 15 is 0 Å². The topological polar surface area (TPSA) is 74.8 Å². The number of benzene rings is 2. The number of nitrogens with one attached hydrogen (secondary N) is 2. The first-order chi connectivity index (χ1) is 12.1. The smallest absolute Gasteiger partial charge is 0.241 e. The molecule has 1 atom stereocenters. The number of aromatic amines is 1. The Morgan fingerprint density at radius 2 is 1.73 bits per heavy atom. The van der Waals surface area contributed by atoms with Gasteiger partial charge in [0.05, 0.1) is 15.9 Å². The van der Waals surface area contributed by atoms with Gasteiger partial charge in [0.2, 0.25) is 13.8 Å². The van der Waals surface area contributed by atoms with Gasteiger partial charge in [0.15, 0.2) is 5.16 Å². The average molecular weight is 471 g/mol. The third-order valence-corrected chi connectivity index (χ3v) is 7.29. The van der Waals surface area contributed by atoms with Gasteiger partial charge in [-0.15, -0.1) is 0 Å². The number of H-pyrrole nitrogens is 1. The summed E-state index contributed by atoms with van der Waals surface area (Å²) in [5, 5.41) is -0.284. The van der Waals surface area contributed by atoms with E-state index in [-0.39, 0.29) is 4.90 Å². The van der Waals surface area contributed by atoms with Crippen molar-refractivity contribution in [2.45, 2.75) is 19.2 Å². The summed E-state index contributed by atoms with van der Waals surface area (Å²) in [6, 6.07) is 13.0. The van der Waals surface area contributed by atoms with Gasteiger partial charge in [-0.1, -0.05) is 70.3 Å². The van der Waals surface area contributed by atoms with E-state index in [1.165, 1.54) is 24.3 Å². The highest BCUT2D eigenvalue weighted by Crippen LogP contribution is 2.39. The van der Waals surface area contributed by atoms with Crippen LogP contribution in [0.2, 0.25) is 5.02 Å². The van der Waals surface area contributed by atoms with Crippen molar-refractivity contribution in [3.63, 3.8) is 0 Å². The van der Waals surface area contributed by atoms with Crippen LogP contribution in [0.5, 0.6) is 0 Å². The summed E-state index contributed by atoms with van der Waals surface area (Å²) in [7, 11) is -3.93. The molecule has 0 spiro atoms. The Morgan fingerprint density at radius 1 is 1.08 bits per heavy atom. The first-order valence-corrected chi connectivity index (χ1v) is 11.0. The lowest BCUT2D eigenvalue weighted by Crippen LogP contribution is -2.41. The van der Waals surface area contributed by atoms with Crippen molar-refractivity contribution < 1.29 is 8.42 Å². The highest BCUT2D eigenvalue weighted by atomic mass is 35.6. The maximum atomic E-state index is 12.6. The van der Waals surface area contributed by atoms with Crippen LogP contribution in [0, 0.1) is 0 Å². The highest BCUT2D eigenvalue weighted by Gasteiger charge is 2.38. The second kappa shape index (κ2) is 7.75. The molecule has 26 heavy (non-hydrogen) atoms. The molecule has 0 aliphatic carbocycles. The van der Waals surface area contributed by atoms with Crippen LogP contribution in [0.1, 0.15) is 0 Å². The molecule has 1 aromatic heterocycles. The lowest BCUT2D eigenvalue weighted by molar-refractivity contribution is 0.578. The van der Waals surface area contributed by atoms with E-state index in [1.54, 1.807) is 0 Å². The van der Waals surface area contributed by atoms with Crippen LogP contribution in [0.25, 0.3) is 11.0 Å². The molecular formula is C15H11Cl4N3O2S2. The first-order valence-electron chi connectivity index (χ1n) is 7.11. The molecule has 1 heterocycles. The van der Waals surface area contributed by atoms with E-state index < -0.39 is 19.2 Å². The molecule has 0 radical (unpaired) electrons. The number of halogens is 4. The third kappa shape index (κ3) is 4.78.